The van der Waals surface area contributed by atoms with Crippen LogP contribution in [0.25, 0.3) is 0 Å². The van der Waals surface area contributed by atoms with Crippen LogP contribution in [-0.2, 0) is 21.2 Å². The Kier molecular flexibility index (Phi) is 7.37. The minimum atomic E-state index is -3.29. The van der Waals surface area contributed by atoms with Crippen LogP contribution in [0.5, 0.6) is 5.75 Å². The van der Waals surface area contributed by atoms with Crippen molar-refractivity contribution in [1.29, 1.82) is 0 Å². The number of rotatable bonds is 7. The van der Waals surface area contributed by atoms with E-state index < -0.39 is 10.0 Å². The zero-order valence-electron chi connectivity index (χ0n) is 17.5. The minimum Gasteiger partial charge on any atom is -0.488 e. The molecule has 2 heterocycles. The first-order chi connectivity index (χ1) is 13.9. The molecule has 0 amide bonds. The first-order valence-electron chi connectivity index (χ1n) is 10.2. The van der Waals surface area contributed by atoms with E-state index in [1.165, 1.54) is 5.56 Å². The van der Waals surface area contributed by atoms with Crippen LogP contribution in [-0.4, -0.2) is 87.9 Å². The Morgan fingerprint density at radius 2 is 2.00 bits per heavy atom. The number of hydrogen-bond donors (Lipinski definition) is 1. The van der Waals surface area contributed by atoms with Gasteiger partial charge in [0.05, 0.1) is 25.0 Å². The smallest absolute Gasteiger partial charge is 0.216 e. The van der Waals surface area contributed by atoms with Crippen molar-refractivity contribution in [2.75, 3.05) is 52.1 Å². The summed E-state index contributed by atoms with van der Waals surface area (Å²) in [7, 11) is -1.54. The van der Waals surface area contributed by atoms with Crippen molar-refractivity contribution in [3.63, 3.8) is 0 Å². The van der Waals surface area contributed by atoms with Gasteiger partial charge in [0.15, 0.2) is 5.96 Å². The first kappa shape index (κ1) is 21.9. The van der Waals surface area contributed by atoms with E-state index in [1.54, 1.807) is 11.4 Å². The zero-order chi connectivity index (χ0) is 20.9. The second-order valence-corrected chi connectivity index (χ2v) is 9.69. The van der Waals surface area contributed by atoms with Crippen LogP contribution in [0.2, 0.25) is 0 Å². The number of nitrogens with zero attached hydrogens (tertiary/aromatic N) is 3. The molecule has 3 rings (SSSR count). The molecule has 0 radical (unpaired) electrons. The Hall–Kier alpha value is -1.84. The molecule has 1 aromatic rings. The molecular weight excluding hydrogens is 392 g/mol. The lowest BCUT2D eigenvalue weighted by molar-refractivity contribution is 0.0904. The van der Waals surface area contributed by atoms with E-state index >= 15 is 0 Å². The molecule has 162 valence electrons. The molecule has 9 heteroatoms. The summed E-state index contributed by atoms with van der Waals surface area (Å²) in [5.41, 5.74) is 1.23. The summed E-state index contributed by atoms with van der Waals surface area (Å²) in [6.07, 6.45) is 0.991. The van der Waals surface area contributed by atoms with E-state index in [9.17, 15) is 8.42 Å². The summed E-state index contributed by atoms with van der Waals surface area (Å²) in [6.45, 7) is 6.82. The molecule has 0 saturated carbocycles. The number of guanidine groups is 1. The van der Waals surface area contributed by atoms with Gasteiger partial charge in [0.2, 0.25) is 10.0 Å². The number of para-hydroxylation sites is 1. The van der Waals surface area contributed by atoms with Gasteiger partial charge in [-0.15, -0.1) is 0 Å². The number of ether oxygens (including phenoxy) is 2. The average molecular weight is 425 g/mol. The second-order valence-electron chi connectivity index (χ2n) is 7.60. The SMILES string of the molecule is CN=C(NCC1Cc2ccccc2O1)N1CCN(S(=O)(=O)CCOC(C)C)CC1. The summed E-state index contributed by atoms with van der Waals surface area (Å²) in [6, 6.07) is 8.10. The standard InChI is InChI=1S/C20H32N4O4S/c1-16(2)27-12-13-29(25,26)24-10-8-23(9-11-24)20(21-3)22-15-18-14-17-6-4-5-7-19(17)28-18/h4-7,16,18H,8-15H2,1-3H3,(H,21,22). The number of piperazine rings is 1. The lowest BCUT2D eigenvalue weighted by Gasteiger charge is -2.36. The number of hydrogen-bond acceptors (Lipinski definition) is 5. The minimum absolute atomic E-state index is 0.0255. The highest BCUT2D eigenvalue weighted by molar-refractivity contribution is 7.89. The highest BCUT2D eigenvalue weighted by atomic mass is 32.2. The fraction of sp³-hybridized carbons (Fsp3) is 0.650. The number of sulfonamides is 1. The van der Waals surface area contributed by atoms with Gasteiger partial charge in [-0.05, 0) is 25.5 Å². The summed E-state index contributed by atoms with van der Waals surface area (Å²) in [5.74, 6) is 1.76. The maximum absolute atomic E-state index is 12.5. The van der Waals surface area contributed by atoms with Gasteiger partial charge in [-0.25, -0.2) is 8.42 Å². The molecule has 0 bridgehead atoms. The fourth-order valence-corrected chi connectivity index (χ4v) is 4.89. The molecule has 1 unspecified atom stereocenters. The molecule has 0 spiro atoms. The van der Waals surface area contributed by atoms with Crippen molar-refractivity contribution in [2.24, 2.45) is 4.99 Å². The van der Waals surface area contributed by atoms with Crippen molar-refractivity contribution in [3.05, 3.63) is 29.8 Å². The molecule has 0 aromatic heterocycles. The van der Waals surface area contributed by atoms with Crippen molar-refractivity contribution in [1.82, 2.24) is 14.5 Å². The van der Waals surface area contributed by atoms with E-state index in [4.69, 9.17) is 9.47 Å². The van der Waals surface area contributed by atoms with Crippen LogP contribution in [0.3, 0.4) is 0 Å². The van der Waals surface area contributed by atoms with Crippen molar-refractivity contribution >= 4 is 16.0 Å². The normalized spacial score (nSPS) is 20.6. The van der Waals surface area contributed by atoms with E-state index in [0.29, 0.717) is 32.7 Å². The van der Waals surface area contributed by atoms with Crippen LogP contribution < -0.4 is 10.1 Å². The highest BCUT2D eigenvalue weighted by Gasteiger charge is 2.29. The van der Waals surface area contributed by atoms with Crippen LogP contribution in [0.1, 0.15) is 19.4 Å². The van der Waals surface area contributed by atoms with E-state index in [1.807, 2.05) is 32.0 Å². The molecule has 1 N–H and O–H groups in total. The van der Waals surface area contributed by atoms with Gasteiger partial charge in [0.1, 0.15) is 11.9 Å². The largest absolute Gasteiger partial charge is 0.488 e. The molecule has 2 aliphatic rings. The van der Waals surface area contributed by atoms with Gasteiger partial charge < -0.3 is 19.7 Å². The third-order valence-electron chi connectivity index (χ3n) is 5.14. The van der Waals surface area contributed by atoms with Crippen molar-refractivity contribution in [3.8, 4) is 5.75 Å². The van der Waals surface area contributed by atoms with E-state index in [0.717, 1.165) is 18.1 Å². The van der Waals surface area contributed by atoms with Crippen LogP contribution in [0.4, 0.5) is 0 Å². The third kappa shape index (κ3) is 5.83. The monoisotopic (exact) mass is 424 g/mol. The van der Waals surface area contributed by atoms with E-state index in [2.05, 4.69) is 21.3 Å². The molecule has 1 saturated heterocycles. The number of fused-ring (bicyclic) bond motifs is 1. The lowest BCUT2D eigenvalue weighted by atomic mass is 10.1. The Morgan fingerprint density at radius 1 is 1.28 bits per heavy atom. The summed E-state index contributed by atoms with van der Waals surface area (Å²) in [4.78, 5) is 6.46. The maximum Gasteiger partial charge on any atom is 0.216 e. The van der Waals surface area contributed by atoms with Gasteiger partial charge in [-0.2, -0.15) is 4.31 Å². The Morgan fingerprint density at radius 3 is 2.66 bits per heavy atom. The maximum atomic E-state index is 12.5. The topological polar surface area (TPSA) is 83.5 Å². The van der Waals surface area contributed by atoms with Crippen molar-refractivity contribution in [2.45, 2.75) is 32.5 Å². The van der Waals surface area contributed by atoms with Crippen molar-refractivity contribution < 1.29 is 17.9 Å². The van der Waals surface area contributed by atoms with E-state index in [-0.39, 0.29) is 24.6 Å². The fourth-order valence-electron chi connectivity index (χ4n) is 3.60. The molecule has 2 aliphatic heterocycles. The first-order valence-corrected chi connectivity index (χ1v) is 11.8. The molecule has 1 fully saturated rings. The molecule has 0 aliphatic carbocycles. The van der Waals surface area contributed by atoms with Crippen LogP contribution >= 0.6 is 0 Å². The Bertz CT molecular complexity index is 779. The highest BCUT2D eigenvalue weighted by Crippen LogP contribution is 2.27. The quantitative estimate of drug-likeness (QED) is 0.518. The Labute approximate surface area is 173 Å². The number of nitrogens with one attached hydrogen (secondary N) is 1. The summed E-state index contributed by atoms with van der Waals surface area (Å²) >= 11 is 0. The molecule has 8 nitrogen and oxygen atoms in total. The van der Waals surface area contributed by atoms with Gasteiger partial charge in [-0.3, -0.25) is 4.99 Å². The zero-order valence-corrected chi connectivity index (χ0v) is 18.3. The third-order valence-corrected chi connectivity index (χ3v) is 6.97. The summed E-state index contributed by atoms with van der Waals surface area (Å²) < 4.78 is 37.9. The molecular formula is C20H32N4O4S. The second kappa shape index (κ2) is 9.77. The average Bonchev–Trinajstić information content (AvgIpc) is 3.11. The van der Waals surface area contributed by atoms with Gasteiger partial charge in [0, 0.05) is 39.6 Å². The van der Waals surface area contributed by atoms with Crippen LogP contribution in [0, 0.1) is 0 Å². The van der Waals surface area contributed by atoms with Gasteiger partial charge >= 0.3 is 0 Å². The van der Waals surface area contributed by atoms with Gasteiger partial charge in [0.25, 0.3) is 0 Å². The molecule has 1 aromatic carbocycles. The van der Waals surface area contributed by atoms with Gasteiger partial charge in [-0.1, -0.05) is 18.2 Å². The van der Waals surface area contributed by atoms with Crippen LogP contribution in [0.15, 0.2) is 29.3 Å². The predicted octanol–water partition coefficient (Wildman–Crippen LogP) is 0.938. The number of aliphatic imine (C=N–C) groups is 1. The molecule has 29 heavy (non-hydrogen) atoms. The predicted molar refractivity (Wildman–Crippen MR) is 114 cm³/mol. The molecule has 1 atom stereocenters. The number of benzene rings is 1. The Balaban J connectivity index is 1.44. The lowest BCUT2D eigenvalue weighted by Crippen LogP contribution is -2.55. The summed E-state index contributed by atoms with van der Waals surface area (Å²) in [5, 5.41) is 3.38.